The van der Waals surface area contributed by atoms with E-state index in [2.05, 4.69) is 22.9 Å². The Morgan fingerprint density at radius 2 is 2.20 bits per heavy atom. The van der Waals surface area contributed by atoms with Crippen LogP contribution in [0.1, 0.15) is 31.0 Å². The lowest BCUT2D eigenvalue weighted by molar-refractivity contribution is 0.758. The average molecular weight is 203 g/mol. The van der Waals surface area contributed by atoms with Crippen LogP contribution in [-0.2, 0) is 0 Å². The summed E-state index contributed by atoms with van der Waals surface area (Å²) >= 11 is 0. The zero-order chi connectivity index (χ0) is 11.3. The molecule has 80 valence electrons. The van der Waals surface area contributed by atoms with Crippen molar-refractivity contribution in [1.29, 1.82) is 5.26 Å². The normalized spacial score (nSPS) is 9.73. The molecule has 0 fully saturated rings. The van der Waals surface area contributed by atoms with Gasteiger partial charge in [-0.25, -0.2) is 4.98 Å². The van der Waals surface area contributed by atoms with E-state index < -0.39 is 0 Å². The van der Waals surface area contributed by atoms with Crippen LogP contribution in [0.3, 0.4) is 0 Å². The minimum Gasteiger partial charge on any atom is -0.360 e. The van der Waals surface area contributed by atoms with Gasteiger partial charge in [-0.2, -0.15) is 5.26 Å². The molecule has 1 aromatic heterocycles. The van der Waals surface area contributed by atoms with Crippen LogP contribution in [0.25, 0.3) is 0 Å². The molecule has 1 heterocycles. The van der Waals surface area contributed by atoms with Crippen LogP contribution in [0, 0.1) is 18.3 Å². The summed E-state index contributed by atoms with van der Waals surface area (Å²) in [6, 6.07) is 5.79. The van der Waals surface area contributed by atoms with Crippen molar-refractivity contribution < 1.29 is 0 Å². The highest BCUT2D eigenvalue weighted by molar-refractivity contribution is 5.45. The number of rotatable bonds is 4. The Morgan fingerprint density at radius 3 is 2.80 bits per heavy atom. The van der Waals surface area contributed by atoms with Gasteiger partial charge < -0.3 is 4.90 Å². The molecule has 0 aliphatic rings. The van der Waals surface area contributed by atoms with Crippen molar-refractivity contribution in [2.45, 2.75) is 26.7 Å². The largest absolute Gasteiger partial charge is 0.360 e. The van der Waals surface area contributed by atoms with Crippen LogP contribution < -0.4 is 4.90 Å². The highest BCUT2D eigenvalue weighted by Gasteiger charge is 2.04. The van der Waals surface area contributed by atoms with Gasteiger partial charge in [-0.05, 0) is 25.5 Å². The number of hydrogen-bond acceptors (Lipinski definition) is 3. The first-order chi connectivity index (χ1) is 7.17. The molecule has 3 heteroatoms. The lowest BCUT2D eigenvalue weighted by atomic mass is 10.2. The van der Waals surface area contributed by atoms with Crippen LogP contribution in [0.15, 0.2) is 12.1 Å². The van der Waals surface area contributed by atoms with Crippen LogP contribution in [0.5, 0.6) is 0 Å². The molecule has 1 rings (SSSR count). The fraction of sp³-hybridized carbons (Fsp3) is 0.500. The quantitative estimate of drug-likeness (QED) is 0.754. The molecule has 0 saturated carbocycles. The van der Waals surface area contributed by atoms with Crippen molar-refractivity contribution in [3.05, 3.63) is 23.4 Å². The number of pyridine rings is 1. The summed E-state index contributed by atoms with van der Waals surface area (Å²) in [5.41, 5.74) is 1.58. The van der Waals surface area contributed by atoms with Gasteiger partial charge in [0.1, 0.15) is 5.82 Å². The zero-order valence-electron chi connectivity index (χ0n) is 9.62. The molecule has 0 aliphatic carbocycles. The van der Waals surface area contributed by atoms with E-state index in [9.17, 15) is 0 Å². The second-order valence-corrected chi connectivity index (χ2v) is 3.74. The lowest BCUT2D eigenvalue weighted by Crippen LogP contribution is -2.19. The summed E-state index contributed by atoms with van der Waals surface area (Å²) in [6.45, 7) is 5.06. The van der Waals surface area contributed by atoms with Crippen LogP contribution in [-0.4, -0.2) is 18.6 Å². The summed E-state index contributed by atoms with van der Waals surface area (Å²) in [5.74, 6) is 0.889. The summed E-state index contributed by atoms with van der Waals surface area (Å²) < 4.78 is 0. The molecular weight excluding hydrogens is 186 g/mol. The smallest absolute Gasteiger partial charge is 0.129 e. The van der Waals surface area contributed by atoms with E-state index in [-0.39, 0.29) is 0 Å². The van der Waals surface area contributed by atoms with E-state index in [1.54, 1.807) is 6.07 Å². The van der Waals surface area contributed by atoms with Crippen molar-refractivity contribution in [1.82, 2.24) is 4.98 Å². The number of hydrogen-bond donors (Lipinski definition) is 0. The predicted molar refractivity (Wildman–Crippen MR) is 61.9 cm³/mol. The first-order valence-corrected chi connectivity index (χ1v) is 5.27. The third-order valence-corrected chi connectivity index (χ3v) is 2.31. The van der Waals surface area contributed by atoms with Crippen molar-refractivity contribution in [3.8, 4) is 6.07 Å². The summed E-state index contributed by atoms with van der Waals surface area (Å²) in [5, 5.41) is 8.85. The van der Waals surface area contributed by atoms with Crippen molar-refractivity contribution in [3.63, 3.8) is 0 Å². The van der Waals surface area contributed by atoms with E-state index in [1.165, 1.54) is 6.42 Å². The van der Waals surface area contributed by atoms with E-state index >= 15 is 0 Å². The molecule has 0 N–H and O–H groups in total. The van der Waals surface area contributed by atoms with Crippen LogP contribution >= 0.6 is 0 Å². The number of nitriles is 1. The van der Waals surface area contributed by atoms with Crippen LogP contribution in [0.4, 0.5) is 5.82 Å². The first kappa shape index (κ1) is 11.5. The van der Waals surface area contributed by atoms with Gasteiger partial charge in [0.25, 0.3) is 0 Å². The molecule has 0 amide bonds. The van der Waals surface area contributed by atoms with Gasteiger partial charge >= 0.3 is 0 Å². The Kier molecular flexibility index (Phi) is 4.11. The molecule has 3 nitrogen and oxygen atoms in total. The van der Waals surface area contributed by atoms with Gasteiger partial charge in [0.05, 0.1) is 11.6 Å². The Labute approximate surface area is 91.4 Å². The number of nitrogens with zero attached hydrogens (tertiary/aromatic N) is 3. The summed E-state index contributed by atoms with van der Waals surface area (Å²) in [6.07, 6.45) is 2.31. The molecule has 0 radical (unpaired) electrons. The van der Waals surface area contributed by atoms with Gasteiger partial charge in [-0.15, -0.1) is 0 Å². The first-order valence-electron chi connectivity index (χ1n) is 5.27. The maximum Gasteiger partial charge on any atom is 0.129 e. The van der Waals surface area contributed by atoms with E-state index in [0.29, 0.717) is 5.56 Å². The monoisotopic (exact) mass is 203 g/mol. The van der Waals surface area contributed by atoms with Gasteiger partial charge in [0.2, 0.25) is 0 Å². The molecule has 0 bridgehead atoms. The fourth-order valence-corrected chi connectivity index (χ4v) is 1.42. The third kappa shape index (κ3) is 3.25. The van der Waals surface area contributed by atoms with Gasteiger partial charge in [-0.1, -0.05) is 13.3 Å². The number of aromatic nitrogens is 1. The van der Waals surface area contributed by atoms with E-state index in [0.717, 1.165) is 24.5 Å². The molecule has 15 heavy (non-hydrogen) atoms. The summed E-state index contributed by atoms with van der Waals surface area (Å²) in [4.78, 5) is 6.50. The molecule has 0 aromatic carbocycles. The maximum atomic E-state index is 8.85. The number of anilines is 1. The second-order valence-electron chi connectivity index (χ2n) is 3.74. The standard InChI is InChI=1S/C12H17N3/c1-4-5-6-15(3)12-8-11(9-13)7-10(2)14-12/h7-8H,4-6H2,1-3H3. The predicted octanol–water partition coefficient (Wildman–Crippen LogP) is 2.50. The Bertz CT molecular complexity index is 366. The van der Waals surface area contributed by atoms with Crippen LogP contribution in [0.2, 0.25) is 0 Å². The summed E-state index contributed by atoms with van der Waals surface area (Å²) in [7, 11) is 2.01. The Hall–Kier alpha value is -1.56. The number of unbranched alkanes of at least 4 members (excludes halogenated alkanes) is 1. The molecule has 0 saturated heterocycles. The minimum absolute atomic E-state index is 0.681. The molecular formula is C12H17N3. The zero-order valence-corrected chi connectivity index (χ0v) is 9.62. The lowest BCUT2D eigenvalue weighted by Gasteiger charge is -2.18. The van der Waals surface area contributed by atoms with Gasteiger partial charge in [0, 0.05) is 19.3 Å². The van der Waals surface area contributed by atoms with E-state index in [1.807, 2.05) is 20.0 Å². The minimum atomic E-state index is 0.681. The second kappa shape index (κ2) is 5.35. The SMILES string of the molecule is CCCCN(C)c1cc(C#N)cc(C)n1. The molecule has 0 atom stereocenters. The van der Waals surface area contributed by atoms with E-state index in [4.69, 9.17) is 5.26 Å². The van der Waals surface area contributed by atoms with Crippen molar-refractivity contribution in [2.24, 2.45) is 0 Å². The maximum absolute atomic E-state index is 8.85. The highest BCUT2D eigenvalue weighted by atomic mass is 15.2. The average Bonchev–Trinajstić information content (AvgIpc) is 2.24. The van der Waals surface area contributed by atoms with Gasteiger partial charge in [-0.3, -0.25) is 0 Å². The molecule has 0 spiro atoms. The Morgan fingerprint density at radius 1 is 1.47 bits per heavy atom. The third-order valence-electron chi connectivity index (χ3n) is 2.31. The molecule has 0 unspecified atom stereocenters. The van der Waals surface area contributed by atoms with Crippen molar-refractivity contribution in [2.75, 3.05) is 18.5 Å². The molecule has 0 aliphatic heterocycles. The topological polar surface area (TPSA) is 39.9 Å². The highest BCUT2D eigenvalue weighted by Crippen LogP contribution is 2.13. The van der Waals surface area contributed by atoms with Crippen molar-refractivity contribution >= 4 is 5.82 Å². The molecule has 1 aromatic rings. The number of aryl methyl sites for hydroxylation is 1. The Balaban J connectivity index is 2.84. The van der Waals surface area contributed by atoms with Gasteiger partial charge in [0.15, 0.2) is 0 Å². The fourth-order valence-electron chi connectivity index (χ4n) is 1.42.